The fourth-order valence-electron chi connectivity index (χ4n) is 2.76. The summed E-state index contributed by atoms with van der Waals surface area (Å²) < 4.78 is 15.8. The zero-order chi connectivity index (χ0) is 16.4. The molecular weight excluding hydrogens is 321 g/mol. The number of amides is 2. The number of nitrogens with one attached hydrogen (secondary N) is 1. The molecule has 1 aliphatic heterocycles. The second-order valence-electron chi connectivity index (χ2n) is 5.45. The van der Waals surface area contributed by atoms with Crippen LogP contribution in [0.15, 0.2) is 24.5 Å². The van der Waals surface area contributed by atoms with Crippen molar-refractivity contribution in [3.05, 3.63) is 41.2 Å². The third-order valence-corrected chi connectivity index (χ3v) is 4.22. The Kier molecular flexibility index (Phi) is 4.47. The summed E-state index contributed by atoms with van der Waals surface area (Å²) in [5.41, 5.74) is 0.126. The Morgan fingerprint density at radius 3 is 3.09 bits per heavy atom. The zero-order valence-electron chi connectivity index (χ0n) is 12.7. The van der Waals surface area contributed by atoms with Gasteiger partial charge < -0.3 is 14.8 Å². The number of likely N-dealkylation sites (tertiary alicyclic amines) is 1. The van der Waals surface area contributed by atoms with Crippen molar-refractivity contribution in [2.75, 3.05) is 18.4 Å². The number of nitrogens with zero attached hydrogens (tertiary/aromatic N) is 4. The third kappa shape index (κ3) is 3.29. The second kappa shape index (κ2) is 6.54. The van der Waals surface area contributed by atoms with E-state index in [1.54, 1.807) is 11.2 Å². The van der Waals surface area contributed by atoms with E-state index in [4.69, 9.17) is 11.6 Å². The number of rotatable bonds is 3. The van der Waals surface area contributed by atoms with Gasteiger partial charge in [-0.3, -0.25) is 0 Å². The topological polar surface area (TPSA) is 63.1 Å². The lowest BCUT2D eigenvalue weighted by Crippen LogP contribution is -2.33. The van der Waals surface area contributed by atoms with Gasteiger partial charge in [-0.2, -0.15) is 0 Å². The van der Waals surface area contributed by atoms with E-state index in [2.05, 4.69) is 15.5 Å². The summed E-state index contributed by atoms with van der Waals surface area (Å²) in [4.78, 5) is 14.0. The average molecular weight is 338 g/mol. The monoisotopic (exact) mass is 337 g/mol. The minimum Gasteiger partial charge on any atom is -0.322 e. The SMILES string of the molecule is CCc1nncn1C1CCN(C(=O)Nc2ccc(Cl)cc2F)C1. The predicted molar refractivity (Wildman–Crippen MR) is 85.1 cm³/mol. The first kappa shape index (κ1) is 15.7. The van der Waals surface area contributed by atoms with Crippen LogP contribution in [-0.2, 0) is 6.42 Å². The van der Waals surface area contributed by atoms with Gasteiger partial charge in [0.15, 0.2) is 0 Å². The lowest BCUT2D eigenvalue weighted by atomic mass is 10.2. The molecule has 2 amide bonds. The minimum absolute atomic E-state index is 0.126. The summed E-state index contributed by atoms with van der Waals surface area (Å²) >= 11 is 5.71. The molecule has 0 spiro atoms. The molecule has 122 valence electrons. The van der Waals surface area contributed by atoms with Gasteiger partial charge >= 0.3 is 6.03 Å². The summed E-state index contributed by atoms with van der Waals surface area (Å²) in [6.07, 6.45) is 3.31. The van der Waals surface area contributed by atoms with Gasteiger partial charge in [0.1, 0.15) is 18.0 Å². The van der Waals surface area contributed by atoms with E-state index in [-0.39, 0.29) is 17.8 Å². The van der Waals surface area contributed by atoms with Crippen LogP contribution >= 0.6 is 11.6 Å². The number of urea groups is 1. The van der Waals surface area contributed by atoms with Crippen molar-refractivity contribution < 1.29 is 9.18 Å². The van der Waals surface area contributed by atoms with Gasteiger partial charge in [0, 0.05) is 24.5 Å². The van der Waals surface area contributed by atoms with Gasteiger partial charge in [0.25, 0.3) is 0 Å². The van der Waals surface area contributed by atoms with Crippen molar-refractivity contribution in [2.24, 2.45) is 0 Å². The normalized spacial score (nSPS) is 17.5. The van der Waals surface area contributed by atoms with Crippen LogP contribution in [0.5, 0.6) is 0 Å². The van der Waals surface area contributed by atoms with Gasteiger partial charge in [-0.1, -0.05) is 18.5 Å². The Bertz CT molecular complexity index is 720. The van der Waals surface area contributed by atoms with Gasteiger partial charge in [-0.25, -0.2) is 9.18 Å². The second-order valence-corrected chi connectivity index (χ2v) is 5.89. The molecule has 1 aromatic carbocycles. The van der Waals surface area contributed by atoms with E-state index in [0.717, 1.165) is 18.7 Å². The van der Waals surface area contributed by atoms with Gasteiger partial charge in [-0.15, -0.1) is 10.2 Å². The highest BCUT2D eigenvalue weighted by atomic mass is 35.5. The maximum atomic E-state index is 13.8. The van der Waals surface area contributed by atoms with Crippen LogP contribution in [0, 0.1) is 5.82 Å². The molecule has 1 aromatic heterocycles. The van der Waals surface area contributed by atoms with E-state index in [1.165, 1.54) is 18.2 Å². The van der Waals surface area contributed by atoms with Crippen molar-refractivity contribution >= 4 is 23.3 Å². The van der Waals surface area contributed by atoms with E-state index >= 15 is 0 Å². The smallest absolute Gasteiger partial charge is 0.321 e. The van der Waals surface area contributed by atoms with Crippen LogP contribution < -0.4 is 5.32 Å². The molecule has 1 N–H and O–H groups in total. The number of halogens is 2. The Hall–Kier alpha value is -2.15. The van der Waals surface area contributed by atoms with Crippen LogP contribution in [0.25, 0.3) is 0 Å². The molecule has 1 fully saturated rings. The molecule has 1 unspecified atom stereocenters. The number of anilines is 1. The first-order valence-corrected chi connectivity index (χ1v) is 7.85. The molecular formula is C15H17ClFN5O. The lowest BCUT2D eigenvalue weighted by molar-refractivity contribution is 0.220. The van der Waals surface area contributed by atoms with Crippen molar-refractivity contribution in [1.82, 2.24) is 19.7 Å². The highest BCUT2D eigenvalue weighted by Crippen LogP contribution is 2.24. The number of benzene rings is 1. The Morgan fingerprint density at radius 1 is 1.52 bits per heavy atom. The highest BCUT2D eigenvalue weighted by molar-refractivity contribution is 6.30. The summed E-state index contributed by atoms with van der Waals surface area (Å²) in [5, 5.41) is 10.9. The van der Waals surface area contributed by atoms with Crippen LogP contribution in [0.2, 0.25) is 5.02 Å². The molecule has 0 bridgehead atoms. The molecule has 2 aromatic rings. The molecule has 0 saturated carbocycles. The fraction of sp³-hybridized carbons (Fsp3) is 0.400. The average Bonchev–Trinajstić information content (AvgIpc) is 3.17. The van der Waals surface area contributed by atoms with E-state index in [0.29, 0.717) is 18.1 Å². The van der Waals surface area contributed by atoms with Gasteiger partial charge in [0.05, 0.1) is 11.7 Å². The number of hydrogen-bond acceptors (Lipinski definition) is 3. The molecule has 1 atom stereocenters. The molecule has 1 aliphatic rings. The summed E-state index contributed by atoms with van der Waals surface area (Å²) in [5.74, 6) is 0.356. The molecule has 2 heterocycles. The quantitative estimate of drug-likeness (QED) is 0.936. The first-order chi connectivity index (χ1) is 11.1. The molecule has 0 aliphatic carbocycles. The van der Waals surface area contributed by atoms with Gasteiger partial charge in [0.2, 0.25) is 0 Å². The Morgan fingerprint density at radius 2 is 2.35 bits per heavy atom. The maximum Gasteiger partial charge on any atom is 0.321 e. The zero-order valence-corrected chi connectivity index (χ0v) is 13.4. The standard InChI is InChI=1S/C15H17ClFN5O/c1-2-14-20-18-9-22(14)11-5-6-21(8-11)15(23)19-13-4-3-10(16)7-12(13)17/h3-4,7,9,11H,2,5-6,8H2,1H3,(H,19,23). The molecule has 1 saturated heterocycles. The molecule has 23 heavy (non-hydrogen) atoms. The van der Waals surface area contributed by atoms with Crippen LogP contribution in [0.3, 0.4) is 0 Å². The van der Waals surface area contributed by atoms with Crippen molar-refractivity contribution in [2.45, 2.75) is 25.8 Å². The van der Waals surface area contributed by atoms with E-state index < -0.39 is 5.82 Å². The fourth-order valence-corrected chi connectivity index (χ4v) is 2.92. The molecule has 0 radical (unpaired) electrons. The van der Waals surface area contributed by atoms with Crippen LogP contribution in [-0.4, -0.2) is 38.8 Å². The van der Waals surface area contributed by atoms with E-state index in [1.807, 2.05) is 11.5 Å². The maximum absolute atomic E-state index is 13.8. The third-order valence-electron chi connectivity index (χ3n) is 3.98. The molecule has 6 nitrogen and oxygen atoms in total. The van der Waals surface area contributed by atoms with Crippen molar-refractivity contribution in [3.63, 3.8) is 0 Å². The first-order valence-electron chi connectivity index (χ1n) is 7.48. The number of carbonyl (C=O) groups excluding carboxylic acids is 1. The summed E-state index contributed by atoms with van der Waals surface area (Å²) in [6.45, 7) is 3.17. The lowest BCUT2D eigenvalue weighted by Gasteiger charge is -2.18. The van der Waals surface area contributed by atoms with Crippen molar-refractivity contribution in [1.29, 1.82) is 0 Å². The summed E-state index contributed by atoms with van der Waals surface area (Å²) in [7, 11) is 0. The van der Waals surface area contributed by atoms with Crippen LogP contribution in [0.1, 0.15) is 25.2 Å². The largest absolute Gasteiger partial charge is 0.322 e. The number of aryl methyl sites for hydroxylation is 1. The van der Waals surface area contributed by atoms with Gasteiger partial charge in [-0.05, 0) is 24.6 Å². The van der Waals surface area contributed by atoms with Crippen molar-refractivity contribution in [3.8, 4) is 0 Å². The Balaban J connectivity index is 1.65. The minimum atomic E-state index is -0.548. The highest BCUT2D eigenvalue weighted by Gasteiger charge is 2.28. The molecule has 3 rings (SSSR count). The van der Waals surface area contributed by atoms with Crippen LogP contribution in [0.4, 0.5) is 14.9 Å². The predicted octanol–water partition coefficient (Wildman–Crippen LogP) is 3.11. The number of hydrogen-bond donors (Lipinski definition) is 1. The number of carbonyl (C=O) groups is 1. The van der Waals surface area contributed by atoms with E-state index in [9.17, 15) is 9.18 Å². The molecule has 8 heteroatoms. The Labute approximate surface area is 138 Å². The number of aromatic nitrogens is 3. The summed E-state index contributed by atoms with van der Waals surface area (Å²) in [6, 6.07) is 4.00.